The lowest BCUT2D eigenvalue weighted by atomic mass is 9.32. The van der Waals surface area contributed by atoms with E-state index in [9.17, 15) is 85.9 Å². The standard InChI is InChI=1S/C62H98O27/c1-12-25(3)51(78)88-48-49(89-52(79)26(4)13-2)62(24-64)28(20-57(48,5)6)27-14-15-33-59(9)18-17-34(58(7,8)32(59)16-19-60(33,10)61(27,11)46(74)47(62)75)83-56-45(87-54-40(72)38(70)37(69)31(21-63)82-54)42(41(73)43(85-56)50(76)77)84-55-44(36(68)30(66)23-81-55)86-53-39(71)35(67)29(65)22-80-53/h13-14,25,28-49,53-56,63-75H,12,15-24H2,1-11H3,(H,76,77)/b26-13-/t25?,28?,29-,30+,31-,32?,33?,34+,35+,36+,37+,38+,39-,40-,41+,42+,43+,44-,45-,46+,47-,48+,49+,53+,54+,55+,56-,59+,60-,61+,62+/m1/s1. The molecule has 0 radical (unpaired) electrons. The summed E-state index contributed by atoms with van der Waals surface area (Å²) in [5.41, 5.74) is -4.91. The summed E-state index contributed by atoms with van der Waals surface area (Å²) in [7, 11) is 0. The van der Waals surface area contributed by atoms with E-state index in [0.29, 0.717) is 32.1 Å². The van der Waals surface area contributed by atoms with E-state index in [0.717, 1.165) is 5.57 Å². The highest BCUT2D eigenvalue weighted by atomic mass is 16.8. The number of esters is 2. The number of fused-ring (bicyclic) bond motifs is 7. The highest BCUT2D eigenvalue weighted by Crippen LogP contribution is 2.76. The molecule has 27 nitrogen and oxygen atoms in total. The molecule has 0 bridgehead atoms. The molecule has 31 atom stereocenters. The molecular formula is C62H98O27. The van der Waals surface area contributed by atoms with Crippen molar-refractivity contribution in [2.45, 2.75) is 262 Å². The fourth-order valence-corrected chi connectivity index (χ4v) is 17.4. The molecule has 4 heterocycles. The van der Waals surface area contributed by atoms with Crippen molar-refractivity contribution in [2.24, 2.45) is 56.2 Å². The molecule has 0 aromatic carbocycles. The summed E-state index contributed by atoms with van der Waals surface area (Å²) in [6.07, 6.45) is -34.0. The zero-order valence-corrected chi connectivity index (χ0v) is 52.6. The first-order valence-corrected chi connectivity index (χ1v) is 31.4. The van der Waals surface area contributed by atoms with Crippen molar-refractivity contribution < 1.29 is 133 Å². The Morgan fingerprint density at radius 3 is 1.91 bits per heavy atom. The van der Waals surface area contributed by atoms with E-state index < -0.39 is 230 Å². The van der Waals surface area contributed by atoms with Gasteiger partial charge < -0.3 is 119 Å². The molecule has 4 aliphatic heterocycles. The van der Waals surface area contributed by atoms with Gasteiger partial charge in [0.15, 0.2) is 37.4 Å². The Labute approximate surface area is 517 Å². The molecular weight excluding hydrogens is 1180 g/mol. The first-order chi connectivity index (χ1) is 41.6. The molecule has 0 aromatic heterocycles. The minimum absolute atomic E-state index is 0.191. The second-order valence-corrected chi connectivity index (χ2v) is 28.8. The van der Waals surface area contributed by atoms with Crippen LogP contribution in [0.4, 0.5) is 0 Å². The van der Waals surface area contributed by atoms with Crippen LogP contribution in [0.1, 0.15) is 121 Å². The SMILES string of the molecule is C/C=C(/C)C(=O)O[C@H]1[C@H](OC(=O)C(C)CC)C(C)(C)CC2C3=CCC4[C@@]5(C)CC[C@H](O[C@@H]6O[C@H](C(=O)O)[C@@H](O)[C@H](O[C@@H]7OC[C@H](O)[C@H](O)[C@H]7O[C@@H]7OC[C@@H](O)[C@H](O)[C@H]7O)[C@H]6O[C@@H]6O[C@H](CO)[C@H](O)[C@H](O)[C@H]6O)C(C)(C)C5CC[C@@]4(C)[C@]3(C)[C@@H](O)[C@@H](O)[C@]21CO. The topological polar surface area (TPSA) is 427 Å². The van der Waals surface area contributed by atoms with E-state index in [1.54, 1.807) is 26.8 Å². The second kappa shape index (κ2) is 26.0. The number of aliphatic hydroxyl groups is 13. The summed E-state index contributed by atoms with van der Waals surface area (Å²) in [4.78, 5) is 40.8. The first kappa shape index (κ1) is 70.4. The molecule has 89 heavy (non-hydrogen) atoms. The van der Waals surface area contributed by atoms with Crippen molar-refractivity contribution in [3.8, 4) is 0 Å². The Bertz CT molecular complexity index is 2600. The lowest BCUT2D eigenvalue weighted by molar-refractivity contribution is -0.399. The Kier molecular flexibility index (Phi) is 20.5. The van der Waals surface area contributed by atoms with E-state index in [-0.39, 0.29) is 30.3 Å². The number of aliphatic carboxylic acids is 1. The number of rotatable bonds is 16. The van der Waals surface area contributed by atoms with Crippen LogP contribution in [-0.4, -0.2) is 257 Å². The number of carboxylic acid groups (broad SMARTS) is 1. The molecule has 5 aliphatic carbocycles. The fraction of sp³-hybridized carbons (Fsp3) is 0.887. The van der Waals surface area contributed by atoms with Gasteiger partial charge in [0.2, 0.25) is 0 Å². The quantitative estimate of drug-likeness (QED) is 0.0374. The number of carbonyl (C=O) groups is 3. The van der Waals surface area contributed by atoms with Crippen LogP contribution in [0, 0.1) is 56.2 Å². The molecule has 0 aromatic rings. The smallest absolute Gasteiger partial charge is 0.335 e. The lowest BCUT2D eigenvalue weighted by Gasteiger charge is -2.73. The maximum Gasteiger partial charge on any atom is 0.335 e. The summed E-state index contributed by atoms with van der Waals surface area (Å²) in [6.45, 7) is 18.1. The van der Waals surface area contributed by atoms with Crippen LogP contribution in [0.2, 0.25) is 0 Å². The molecule has 0 amide bonds. The Balaban J connectivity index is 1.05. The van der Waals surface area contributed by atoms with Crippen molar-refractivity contribution in [3.63, 3.8) is 0 Å². The van der Waals surface area contributed by atoms with E-state index in [2.05, 4.69) is 19.9 Å². The second-order valence-electron chi connectivity index (χ2n) is 28.8. The predicted molar refractivity (Wildman–Crippen MR) is 303 cm³/mol. The van der Waals surface area contributed by atoms with Gasteiger partial charge in [-0.05, 0) is 92.8 Å². The van der Waals surface area contributed by atoms with Gasteiger partial charge in [-0.1, -0.05) is 80.0 Å². The van der Waals surface area contributed by atoms with E-state index in [1.165, 1.54) is 0 Å². The summed E-state index contributed by atoms with van der Waals surface area (Å²) < 4.78 is 61.3. The van der Waals surface area contributed by atoms with Crippen molar-refractivity contribution in [1.29, 1.82) is 0 Å². The molecule has 27 heteroatoms. The van der Waals surface area contributed by atoms with Gasteiger partial charge in [-0.15, -0.1) is 0 Å². The van der Waals surface area contributed by atoms with Crippen LogP contribution in [0.25, 0.3) is 0 Å². The molecule has 9 aliphatic rings. The molecule has 508 valence electrons. The first-order valence-electron chi connectivity index (χ1n) is 31.4. The summed E-state index contributed by atoms with van der Waals surface area (Å²) in [6, 6.07) is 0. The van der Waals surface area contributed by atoms with Gasteiger partial charge in [-0.3, -0.25) is 4.79 Å². The van der Waals surface area contributed by atoms with Crippen LogP contribution < -0.4 is 0 Å². The van der Waals surface area contributed by atoms with Gasteiger partial charge in [0.05, 0.1) is 56.1 Å². The normalized spacial score (nSPS) is 50.0. The number of carboxylic acids is 1. The average molecular weight is 1280 g/mol. The van der Waals surface area contributed by atoms with E-state index in [4.69, 9.17) is 47.4 Å². The zero-order valence-electron chi connectivity index (χ0n) is 52.6. The maximum absolute atomic E-state index is 13.9. The highest BCUT2D eigenvalue weighted by Gasteiger charge is 2.76. The van der Waals surface area contributed by atoms with Crippen molar-refractivity contribution in [1.82, 2.24) is 0 Å². The Morgan fingerprint density at radius 2 is 1.29 bits per heavy atom. The van der Waals surface area contributed by atoms with Crippen LogP contribution in [0.15, 0.2) is 23.3 Å². The molecule has 14 N–H and O–H groups in total. The van der Waals surface area contributed by atoms with Crippen molar-refractivity contribution in [3.05, 3.63) is 23.3 Å². The van der Waals surface area contributed by atoms with Crippen LogP contribution >= 0.6 is 0 Å². The molecule has 0 spiro atoms. The Hall–Kier alpha value is -2.95. The molecule has 4 saturated heterocycles. The summed E-state index contributed by atoms with van der Waals surface area (Å²) in [5, 5.41) is 158. The van der Waals surface area contributed by atoms with Gasteiger partial charge in [0.1, 0.15) is 85.5 Å². The number of hydrogen-bond acceptors (Lipinski definition) is 26. The van der Waals surface area contributed by atoms with Crippen LogP contribution in [0.5, 0.6) is 0 Å². The zero-order chi connectivity index (χ0) is 65.7. The number of aliphatic hydroxyl groups excluding tert-OH is 13. The lowest BCUT2D eigenvalue weighted by Crippen LogP contribution is -2.76. The van der Waals surface area contributed by atoms with E-state index >= 15 is 0 Å². The predicted octanol–water partition coefficient (Wildman–Crippen LogP) is -1.19. The fourth-order valence-electron chi connectivity index (χ4n) is 17.4. The van der Waals surface area contributed by atoms with Gasteiger partial charge >= 0.3 is 17.9 Å². The molecule has 9 rings (SSSR count). The average Bonchev–Trinajstić information content (AvgIpc) is 0.664. The van der Waals surface area contributed by atoms with Crippen LogP contribution in [-0.2, 0) is 61.8 Å². The van der Waals surface area contributed by atoms with Gasteiger partial charge in [0.25, 0.3) is 0 Å². The number of carbonyl (C=O) groups excluding carboxylic acids is 2. The number of hydrogen-bond donors (Lipinski definition) is 14. The maximum atomic E-state index is 13.9. The number of allylic oxidation sites excluding steroid dienone is 2. The van der Waals surface area contributed by atoms with Gasteiger partial charge in [0, 0.05) is 16.4 Å². The van der Waals surface area contributed by atoms with Gasteiger partial charge in [-0.25, -0.2) is 9.59 Å². The van der Waals surface area contributed by atoms with Crippen molar-refractivity contribution in [2.75, 3.05) is 26.4 Å². The monoisotopic (exact) mass is 1270 g/mol. The number of ether oxygens (including phenoxy) is 10. The minimum atomic E-state index is -2.24. The van der Waals surface area contributed by atoms with Crippen LogP contribution in [0.3, 0.4) is 0 Å². The van der Waals surface area contributed by atoms with Crippen molar-refractivity contribution >= 4 is 17.9 Å². The third-order valence-electron chi connectivity index (χ3n) is 23.3. The third kappa shape index (κ3) is 11.6. The molecule has 8 fully saturated rings. The minimum Gasteiger partial charge on any atom is -0.479 e. The molecule has 4 unspecified atom stereocenters. The Morgan fingerprint density at radius 1 is 0.674 bits per heavy atom. The summed E-state index contributed by atoms with van der Waals surface area (Å²) in [5.74, 6) is -4.57. The summed E-state index contributed by atoms with van der Waals surface area (Å²) >= 11 is 0. The largest absolute Gasteiger partial charge is 0.479 e. The molecule has 4 saturated carbocycles. The van der Waals surface area contributed by atoms with Gasteiger partial charge in [-0.2, -0.15) is 0 Å². The van der Waals surface area contributed by atoms with E-state index in [1.807, 2.05) is 41.5 Å². The highest BCUT2D eigenvalue weighted by molar-refractivity contribution is 5.88. The third-order valence-corrected chi connectivity index (χ3v) is 23.3.